The molecule has 3 aromatic carbocycles. The van der Waals surface area contributed by atoms with Crippen LogP contribution in [-0.2, 0) is 14.6 Å². The van der Waals surface area contributed by atoms with E-state index in [2.05, 4.69) is 10.3 Å². The second-order valence-corrected chi connectivity index (χ2v) is 10.3. The normalized spacial score (nSPS) is 11.7. The zero-order chi connectivity index (χ0) is 22.6. The SMILES string of the molecule is CCS(=O)(=O)c1ccc2oc(SCC(=O)NC(c3ccccc3)c3ccccc3)nc2c1. The minimum atomic E-state index is -3.32. The van der Waals surface area contributed by atoms with Gasteiger partial charge in [-0.15, -0.1) is 0 Å². The van der Waals surface area contributed by atoms with E-state index in [-0.39, 0.29) is 28.4 Å². The summed E-state index contributed by atoms with van der Waals surface area (Å²) in [6.45, 7) is 1.60. The average Bonchev–Trinajstić information content (AvgIpc) is 3.24. The van der Waals surface area contributed by atoms with Gasteiger partial charge in [0.2, 0.25) is 5.91 Å². The lowest BCUT2D eigenvalue weighted by atomic mass is 9.99. The molecule has 32 heavy (non-hydrogen) atoms. The first-order valence-corrected chi connectivity index (χ1v) is 12.8. The molecule has 0 fully saturated rings. The van der Waals surface area contributed by atoms with E-state index in [9.17, 15) is 13.2 Å². The lowest BCUT2D eigenvalue weighted by molar-refractivity contribution is -0.119. The molecule has 0 radical (unpaired) electrons. The minimum absolute atomic E-state index is 0.0160. The van der Waals surface area contributed by atoms with Gasteiger partial charge in [0.1, 0.15) is 5.52 Å². The molecule has 0 saturated heterocycles. The van der Waals surface area contributed by atoms with Gasteiger partial charge in [0.25, 0.3) is 5.22 Å². The van der Waals surface area contributed by atoms with Crippen LogP contribution in [0.1, 0.15) is 24.1 Å². The molecular weight excluding hydrogens is 444 g/mol. The van der Waals surface area contributed by atoms with E-state index in [1.54, 1.807) is 13.0 Å². The number of nitrogens with one attached hydrogen (secondary N) is 1. The number of oxazole rings is 1. The average molecular weight is 467 g/mol. The van der Waals surface area contributed by atoms with Gasteiger partial charge in [0.05, 0.1) is 22.4 Å². The predicted molar refractivity (Wildman–Crippen MR) is 125 cm³/mol. The Bertz CT molecular complexity index is 1280. The Morgan fingerprint density at radius 2 is 1.62 bits per heavy atom. The number of amides is 1. The molecule has 1 amide bonds. The fraction of sp³-hybridized carbons (Fsp3) is 0.167. The molecule has 0 aliphatic carbocycles. The van der Waals surface area contributed by atoms with E-state index < -0.39 is 9.84 Å². The van der Waals surface area contributed by atoms with Crippen LogP contribution >= 0.6 is 11.8 Å². The summed E-state index contributed by atoms with van der Waals surface area (Å²) in [6, 6.07) is 23.9. The standard InChI is InChI=1S/C24H22N2O4S2/c1-2-32(28,29)19-13-14-21-20(15-19)25-24(30-21)31-16-22(27)26-23(17-9-5-3-6-10-17)18-11-7-4-8-12-18/h3-15,23H,2,16H2,1H3,(H,26,27). The molecule has 1 heterocycles. The van der Waals surface area contributed by atoms with Crippen molar-refractivity contribution in [3.8, 4) is 0 Å². The number of sulfone groups is 1. The Kier molecular flexibility index (Phi) is 6.62. The molecule has 8 heteroatoms. The summed E-state index contributed by atoms with van der Waals surface area (Å²) in [7, 11) is -3.32. The molecule has 1 aromatic heterocycles. The number of hydrogen-bond donors (Lipinski definition) is 1. The first-order chi connectivity index (χ1) is 15.5. The van der Waals surface area contributed by atoms with E-state index in [0.717, 1.165) is 11.1 Å². The number of benzene rings is 3. The maximum absolute atomic E-state index is 12.7. The number of rotatable bonds is 8. The largest absolute Gasteiger partial charge is 0.431 e. The zero-order valence-corrected chi connectivity index (χ0v) is 19.0. The number of carbonyl (C=O) groups is 1. The van der Waals surface area contributed by atoms with Crippen LogP contribution in [0.4, 0.5) is 0 Å². The van der Waals surface area contributed by atoms with Gasteiger partial charge in [-0.1, -0.05) is 79.3 Å². The van der Waals surface area contributed by atoms with Crippen LogP contribution in [0, 0.1) is 0 Å². The van der Waals surface area contributed by atoms with E-state index in [4.69, 9.17) is 4.42 Å². The molecular formula is C24H22N2O4S2. The lowest BCUT2D eigenvalue weighted by Crippen LogP contribution is -2.30. The maximum Gasteiger partial charge on any atom is 0.257 e. The summed E-state index contributed by atoms with van der Waals surface area (Å²) >= 11 is 1.17. The Morgan fingerprint density at radius 3 is 2.22 bits per heavy atom. The van der Waals surface area contributed by atoms with E-state index in [1.807, 2.05) is 60.7 Å². The summed E-state index contributed by atoms with van der Waals surface area (Å²) in [4.78, 5) is 17.3. The van der Waals surface area contributed by atoms with Gasteiger partial charge in [0, 0.05) is 0 Å². The molecule has 0 aliphatic heterocycles. The van der Waals surface area contributed by atoms with Gasteiger partial charge in [0.15, 0.2) is 15.4 Å². The number of nitrogens with zero attached hydrogens (tertiary/aromatic N) is 1. The Labute approximate surface area is 191 Å². The number of thioether (sulfide) groups is 1. The van der Waals surface area contributed by atoms with E-state index in [0.29, 0.717) is 16.3 Å². The Hall–Kier alpha value is -3.10. The summed E-state index contributed by atoms with van der Waals surface area (Å²) in [5.41, 5.74) is 2.91. The molecule has 4 rings (SSSR count). The first-order valence-electron chi connectivity index (χ1n) is 10.1. The number of hydrogen-bond acceptors (Lipinski definition) is 6. The Morgan fingerprint density at radius 1 is 1.00 bits per heavy atom. The predicted octanol–water partition coefficient (Wildman–Crippen LogP) is 4.62. The van der Waals surface area contributed by atoms with Crippen molar-refractivity contribution in [3.63, 3.8) is 0 Å². The topological polar surface area (TPSA) is 89.3 Å². The summed E-state index contributed by atoms with van der Waals surface area (Å²) in [5.74, 6) is -0.0326. The third kappa shape index (κ3) is 5.03. The van der Waals surface area contributed by atoms with Gasteiger partial charge in [-0.05, 0) is 29.3 Å². The van der Waals surface area contributed by atoms with E-state index in [1.165, 1.54) is 23.9 Å². The van der Waals surface area contributed by atoms with Crippen molar-refractivity contribution in [1.82, 2.24) is 10.3 Å². The molecule has 0 atom stereocenters. The van der Waals surface area contributed by atoms with Crippen LogP contribution in [0.3, 0.4) is 0 Å². The summed E-state index contributed by atoms with van der Waals surface area (Å²) in [5, 5.41) is 3.40. The molecule has 6 nitrogen and oxygen atoms in total. The molecule has 4 aromatic rings. The maximum atomic E-state index is 12.7. The lowest BCUT2D eigenvalue weighted by Gasteiger charge is -2.19. The molecule has 0 spiro atoms. The molecule has 164 valence electrons. The van der Waals surface area contributed by atoms with Crippen LogP contribution in [-0.4, -0.2) is 30.8 Å². The van der Waals surface area contributed by atoms with Crippen LogP contribution in [0.15, 0.2) is 93.4 Å². The van der Waals surface area contributed by atoms with Crippen LogP contribution in [0.5, 0.6) is 0 Å². The fourth-order valence-corrected chi connectivity index (χ4v) is 4.84. The van der Waals surface area contributed by atoms with Gasteiger partial charge in [-0.25, -0.2) is 13.4 Å². The minimum Gasteiger partial charge on any atom is -0.431 e. The van der Waals surface area contributed by atoms with Gasteiger partial charge < -0.3 is 9.73 Å². The van der Waals surface area contributed by atoms with Crippen molar-refractivity contribution >= 4 is 38.6 Å². The van der Waals surface area contributed by atoms with Gasteiger partial charge >= 0.3 is 0 Å². The van der Waals surface area contributed by atoms with E-state index >= 15 is 0 Å². The van der Waals surface area contributed by atoms with Crippen molar-refractivity contribution in [2.75, 3.05) is 11.5 Å². The van der Waals surface area contributed by atoms with Crippen LogP contribution in [0.2, 0.25) is 0 Å². The zero-order valence-electron chi connectivity index (χ0n) is 17.4. The third-order valence-corrected chi connectivity index (χ3v) is 7.54. The molecule has 0 saturated carbocycles. The van der Waals surface area contributed by atoms with Crippen molar-refractivity contribution in [1.29, 1.82) is 0 Å². The number of aromatic nitrogens is 1. The second-order valence-electron chi connectivity index (χ2n) is 7.12. The highest BCUT2D eigenvalue weighted by Gasteiger charge is 2.18. The van der Waals surface area contributed by atoms with Gasteiger partial charge in [-0.3, -0.25) is 4.79 Å². The fourth-order valence-electron chi connectivity index (χ4n) is 3.29. The number of carbonyl (C=O) groups excluding carboxylic acids is 1. The quantitative estimate of drug-likeness (QED) is 0.381. The highest BCUT2D eigenvalue weighted by Crippen LogP contribution is 2.27. The molecule has 0 bridgehead atoms. The molecule has 0 unspecified atom stereocenters. The van der Waals surface area contributed by atoms with Crippen molar-refractivity contribution in [2.45, 2.75) is 23.1 Å². The third-order valence-electron chi connectivity index (χ3n) is 4.98. The summed E-state index contributed by atoms with van der Waals surface area (Å²) < 4.78 is 29.8. The van der Waals surface area contributed by atoms with Crippen LogP contribution in [0.25, 0.3) is 11.1 Å². The highest BCUT2D eigenvalue weighted by molar-refractivity contribution is 7.99. The monoisotopic (exact) mass is 466 g/mol. The smallest absolute Gasteiger partial charge is 0.257 e. The van der Waals surface area contributed by atoms with Crippen molar-refractivity contribution < 1.29 is 17.6 Å². The van der Waals surface area contributed by atoms with Gasteiger partial charge in [-0.2, -0.15) is 0 Å². The highest BCUT2D eigenvalue weighted by atomic mass is 32.2. The molecule has 0 aliphatic rings. The summed E-state index contributed by atoms with van der Waals surface area (Å²) in [6.07, 6.45) is 0. The first kappa shape index (κ1) is 22.1. The van der Waals surface area contributed by atoms with Crippen LogP contribution < -0.4 is 5.32 Å². The van der Waals surface area contributed by atoms with Crippen molar-refractivity contribution in [3.05, 3.63) is 90.0 Å². The Balaban J connectivity index is 1.47. The second kappa shape index (κ2) is 9.58. The number of fused-ring (bicyclic) bond motifs is 1. The van der Waals surface area contributed by atoms with Crippen molar-refractivity contribution in [2.24, 2.45) is 0 Å². The molecule has 1 N–H and O–H groups in total.